The molecule has 4 heteroatoms. The first-order chi connectivity index (χ1) is 9.60. The summed E-state index contributed by atoms with van der Waals surface area (Å²) in [5.74, 6) is 0.213. The molecule has 2 aromatic rings. The van der Waals surface area contributed by atoms with Gasteiger partial charge in [-0.2, -0.15) is 0 Å². The lowest BCUT2D eigenvalue weighted by Gasteiger charge is -2.21. The summed E-state index contributed by atoms with van der Waals surface area (Å²) in [4.78, 5) is 14.6. The van der Waals surface area contributed by atoms with E-state index >= 15 is 0 Å². The highest BCUT2D eigenvalue weighted by Gasteiger charge is 2.27. The summed E-state index contributed by atoms with van der Waals surface area (Å²) in [6.45, 7) is 2.05. The minimum Gasteiger partial charge on any atom is -0.497 e. The molecule has 1 unspecified atom stereocenters. The Balaban J connectivity index is 2.20. The van der Waals surface area contributed by atoms with Crippen LogP contribution in [0.1, 0.15) is 42.0 Å². The van der Waals surface area contributed by atoms with Crippen molar-refractivity contribution < 1.29 is 14.6 Å². The summed E-state index contributed by atoms with van der Waals surface area (Å²) in [5, 5.41) is 10.2. The lowest BCUT2D eigenvalue weighted by Crippen LogP contribution is -2.12. The number of aliphatic carboxylic acids is 1. The Morgan fingerprint density at radius 3 is 3.00 bits per heavy atom. The average molecular weight is 273 g/mol. The van der Waals surface area contributed by atoms with Crippen molar-refractivity contribution in [3.8, 4) is 5.75 Å². The molecular formula is C16H19NO3. The van der Waals surface area contributed by atoms with E-state index in [0.717, 1.165) is 41.5 Å². The summed E-state index contributed by atoms with van der Waals surface area (Å²) < 4.78 is 5.35. The van der Waals surface area contributed by atoms with E-state index in [1.807, 2.05) is 12.1 Å². The summed E-state index contributed by atoms with van der Waals surface area (Å²) in [6, 6.07) is 4.04. The maximum absolute atomic E-state index is 11.1. The Labute approximate surface area is 117 Å². The van der Waals surface area contributed by atoms with Crippen LogP contribution in [0.2, 0.25) is 0 Å². The van der Waals surface area contributed by atoms with Gasteiger partial charge >= 0.3 is 5.97 Å². The largest absolute Gasteiger partial charge is 0.497 e. The second-order valence-corrected chi connectivity index (χ2v) is 5.57. The predicted molar refractivity (Wildman–Crippen MR) is 77.5 cm³/mol. The monoisotopic (exact) mass is 273 g/mol. The third kappa shape index (κ3) is 2.05. The quantitative estimate of drug-likeness (QED) is 0.901. The molecule has 0 fully saturated rings. The lowest BCUT2D eigenvalue weighted by atomic mass is 9.83. The molecule has 1 atom stereocenters. The number of carbonyl (C=O) groups is 1. The van der Waals surface area contributed by atoms with Crippen LogP contribution in [-0.2, 0) is 11.2 Å². The molecule has 1 aliphatic rings. The smallest absolute Gasteiger partial charge is 0.303 e. The molecule has 106 valence electrons. The van der Waals surface area contributed by atoms with Crippen molar-refractivity contribution in [1.82, 2.24) is 4.98 Å². The van der Waals surface area contributed by atoms with Crippen LogP contribution in [0.15, 0.2) is 12.1 Å². The lowest BCUT2D eigenvalue weighted by molar-refractivity contribution is -0.137. The number of benzene rings is 1. The molecule has 1 aromatic carbocycles. The van der Waals surface area contributed by atoms with Gasteiger partial charge in [-0.1, -0.05) is 0 Å². The van der Waals surface area contributed by atoms with Gasteiger partial charge in [0.15, 0.2) is 0 Å². The van der Waals surface area contributed by atoms with E-state index in [0.29, 0.717) is 0 Å². The van der Waals surface area contributed by atoms with E-state index in [1.165, 1.54) is 11.3 Å². The van der Waals surface area contributed by atoms with Gasteiger partial charge in [0.25, 0.3) is 0 Å². The average Bonchev–Trinajstić information content (AvgIpc) is 2.78. The first-order valence-electron chi connectivity index (χ1n) is 7.01. The molecule has 0 saturated carbocycles. The number of methoxy groups -OCH3 is 1. The fourth-order valence-corrected chi connectivity index (χ4v) is 3.38. The van der Waals surface area contributed by atoms with E-state index in [9.17, 15) is 4.79 Å². The number of rotatable bonds is 3. The molecule has 1 aliphatic carbocycles. The number of carboxylic acid groups (broad SMARTS) is 1. The molecule has 0 spiro atoms. The van der Waals surface area contributed by atoms with Gasteiger partial charge in [0.2, 0.25) is 0 Å². The zero-order valence-electron chi connectivity index (χ0n) is 11.8. The van der Waals surface area contributed by atoms with Crippen LogP contribution in [0.5, 0.6) is 5.75 Å². The fraction of sp³-hybridized carbons (Fsp3) is 0.438. The number of ether oxygens (including phenoxy) is 1. The van der Waals surface area contributed by atoms with E-state index < -0.39 is 5.97 Å². The second kappa shape index (κ2) is 4.85. The van der Waals surface area contributed by atoms with Crippen molar-refractivity contribution in [3.05, 3.63) is 29.0 Å². The molecule has 1 heterocycles. The summed E-state index contributed by atoms with van der Waals surface area (Å²) in [6.07, 6.45) is 3.20. The third-order valence-electron chi connectivity index (χ3n) is 4.24. The van der Waals surface area contributed by atoms with E-state index in [1.54, 1.807) is 7.11 Å². The molecule has 0 aliphatic heterocycles. The van der Waals surface area contributed by atoms with Crippen molar-refractivity contribution in [2.45, 2.75) is 38.5 Å². The highest BCUT2D eigenvalue weighted by atomic mass is 16.5. The van der Waals surface area contributed by atoms with Gasteiger partial charge in [-0.25, -0.2) is 0 Å². The number of nitrogens with one attached hydrogen (secondary N) is 1. The van der Waals surface area contributed by atoms with Crippen LogP contribution < -0.4 is 4.74 Å². The highest BCUT2D eigenvalue weighted by Crippen LogP contribution is 2.41. The van der Waals surface area contributed by atoms with Crippen molar-refractivity contribution in [2.24, 2.45) is 0 Å². The van der Waals surface area contributed by atoms with E-state index in [4.69, 9.17) is 9.84 Å². The van der Waals surface area contributed by atoms with Crippen LogP contribution in [0.4, 0.5) is 0 Å². The Bertz CT molecular complexity index is 672. The van der Waals surface area contributed by atoms with Crippen LogP contribution >= 0.6 is 0 Å². The van der Waals surface area contributed by atoms with Crippen molar-refractivity contribution >= 4 is 16.9 Å². The Morgan fingerprint density at radius 2 is 2.30 bits per heavy atom. The number of H-pyrrole nitrogens is 1. The number of aromatic nitrogens is 1. The predicted octanol–water partition coefficient (Wildman–Crippen LogP) is 3.38. The molecular weight excluding hydrogens is 254 g/mol. The normalized spacial score (nSPS) is 18.0. The van der Waals surface area contributed by atoms with Gasteiger partial charge in [0.05, 0.1) is 13.5 Å². The molecule has 0 radical (unpaired) electrons. The second-order valence-electron chi connectivity index (χ2n) is 5.57. The number of hydrogen-bond acceptors (Lipinski definition) is 2. The molecule has 0 amide bonds. The number of hydrogen-bond donors (Lipinski definition) is 2. The minimum atomic E-state index is -0.725. The SMILES string of the molecule is COc1cc(C)c2[nH]c3c(c2c1)C(CC(=O)O)CCC3. The van der Waals surface area contributed by atoms with Gasteiger partial charge in [-0.05, 0) is 55.4 Å². The molecule has 20 heavy (non-hydrogen) atoms. The van der Waals surface area contributed by atoms with E-state index in [2.05, 4.69) is 11.9 Å². The van der Waals surface area contributed by atoms with Gasteiger partial charge in [0.1, 0.15) is 5.75 Å². The first kappa shape index (κ1) is 13.0. The zero-order chi connectivity index (χ0) is 14.3. The molecule has 2 N–H and O–H groups in total. The number of carboxylic acids is 1. The number of aromatic amines is 1. The zero-order valence-corrected chi connectivity index (χ0v) is 11.8. The number of fused-ring (bicyclic) bond motifs is 3. The maximum atomic E-state index is 11.1. The summed E-state index contributed by atoms with van der Waals surface area (Å²) >= 11 is 0. The van der Waals surface area contributed by atoms with Crippen molar-refractivity contribution in [2.75, 3.05) is 7.11 Å². The van der Waals surface area contributed by atoms with Crippen LogP contribution in [-0.4, -0.2) is 23.2 Å². The summed E-state index contributed by atoms with van der Waals surface area (Å²) in [7, 11) is 1.66. The Kier molecular flexibility index (Phi) is 3.16. The molecule has 1 aromatic heterocycles. The minimum absolute atomic E-state index is 0.108. The van der Waals surface area contributed by atoms with Crippen LogP contribution in [0.25, 0.3) is 10.9 Å². The van der Waals surface area contributed by atoms with E-state index in [-0.39, 0.29) is 12.3 Å². The summed E-state index contributed by atoms with van der Waals surface area (Å²) in [5.41, 5.74) is 4.65. The standard InChI is InChI=1S/C16H19NO3/c1-9-6-11(20-2)8-12-15-10(7-14(18)19)4-3-5-13(15)17-16(9)12/h6,8,10,17H,3-5,7H2,1-2H3,(H,18,19). The third-order valence-corrected chi connectivity index (χ3v) is 4.24. The maximum Gasteiger partial charge on any atom is 0.303 e. The first-order valence-corrected chi connectivity index (χ1v) is 7.01. The van der Waals surface area contributed by atoms with Gasteiger partial charge < -0.3 is 14.8 Å². The van der Waals surface area contributed by atoms with Gasteiger partial charge in [0, 0.05) is 16.6 Å². The topological polar surface area (TPSA) is 62.3 Å². The van der Waals surface area contributed by atoms with Gasteiger partial charge in [-0.3, -0.25) is 4.79 Å². The van der Waals surface area contributed by atoms with Crippen LogP contribution in [0, 0.1) is 6.92 Å². The van der Waals surface area contributed by atoms with Crippen molar-refractivity contribution in [3.63, 3.8) is 0 Å². The fourth-order valence-electron chi connectivity index (χ4n) is 3.38. The van der Waals surface area contributed by atoms with Crippen LogP contribution in [0.3, 0.4) is 0 Å². The highest BCUT2D eigenvalue weighted by molar-refractivity contribution is 5.90. The molecule has 0 bridgehead atoms. The molecule has 4 nitrogen and oxygen atoms in total. The Hall–Kier alpha value is -1.97. The molecule has 0 saturated heterocycles. The molecule has 3 rings (SSSR count). The number of aryl methyl sites for hydroxylation is 2. The Morgan fingerprint density at radius 1 is 1.50 bits per heavy atom. The van der Waals surface area contributed by atoms with Gasteiger partial charge in [-0.15, -0.1) is 0 Å². The van der Waals surface area contributed by atoms with Crippen molar-refractivity contribution in [1.29, 1.82) is 0 Å².